The number of hydrogen-bond donors (Lipinski definition) is 7. The van der Waals surface area contributed by atoms with Crippen LogP contribution in [0.5, 0.6) is 0 Å². The Morgan fingerprint density at radius 2 is 0.855 bits per heavy atom. The number of nitrogens with zero attached hydrogens (tertiary/aromatic N) is 2. The van der Waals surface area contributed by atoms with E-state index < -0.39 is 53.0 Å². The minimum atomic E-state index is -4.94. The van der Waals surface area contributed by atoms with E-state index in [9.17, 15) is 45.1 Å². The van der Waals surface area contributed by atoms with E-state index >= 15 is 0 Å². The zero-order valence-electron chi connectivity index (χ0n) is 28.6. The van der Waals surface area contributed by atoms with Crippen molar-refractivity contribution in [3.63, 3.8) is 0 Å². The molecule has 19 heteroatoms. The molecule has 0 unspecified atom stereocenters. The predicted molar refractivity (Wildman–Crippen MR) is 207 cm³/mol. The van der Waals surface area contributed by atoms with Crippen molar-refractivity contribution in [3.8, 4) is 0 Å². The molecule has 0 atom stereocenters. The van der Waals surface area contributed by atoms with Crippen LogP contribution in [-0.2, 0) is 29.8 Å². The lowest BCUT2D eigenvalue weighted by atomic mass is 9.93. The normalized spacial score (nSPS) is 15.3. The van der Waals surface area contributed by atoms with Crippen molar-refractivity contribution in [1.29, 1.82) is 0 Å². The van der Waals surface area contributed by atoms with Crippen molar-refractivity contribution < 1.29 is 45.1 Å². The van der Waals surface area contributed by atoms with Gasteiger partial charge in [0.05, 0.1) is 11.4 Å². The molecular formula is C36H29N7O10S2. The molecule has 2 amide bonds. The van der Waals surface area contributed by atoms with Gasteiger partial charge in [-0.05, 0) is 108 Å². The predicted octanol–water partition coefficient (Wildman–Crippen LogP) is 5.13. The summed E-state index contributed by atoms with van der Waals surface area (Å²) in [5.74, 6) is -2.16. The van der Waals surface area contributed by atoms with Crippen LogP contribution < -0.4 is 26.8 Å². The third kappa shape index (κ3) is 8.71. The molecular weight excluding hydrogens is 755 g/mol. The second kappa shape index (κ2) is 14.9. The van der Waals surface area contributed by atoms with E-state index in [0.29, 0.717) is 34.1 Å². The molecule has 4 aromatic carbocycles. The first kappa shape index (κ1) is 37.9. The summed E-state index contributed by atoms with van der Waals surface area (Å²) in [6, 6.07) is 21.1. The Labute approximate surface area is 313 Å². The average molecular weight is 784 g/mol. The summed E-state index contributed by atoms with van der Waals surface area (Å²) >= 11 is 0. The first-order valence-corrected chi connectivity index (χ1v) is 18.8. The van der Waals surface area contributed by atoms with E-state index in [-0.39, 0.29) is 34.1 Å². The summed E-state index contributed by atoms with van der Waals surface area (Å²) in [4.78, 5) is 47.9. The molecule has 0 aliphatic heterocycles. The van der Waals surface area contributed by atoms with Gasteiger partial charge in [-0.3, -0.25) is 39.1 Å². The van der Waals surface area contributed by atoms with Crippen molar-refractivity contribution >= 4 is 101 Å². The maximum Gasteiger partial charge on any atom is 0.296 e. The minimum Gasteiger partial charge on any atom is -0.355 e. The molecule has 0 radical (unpaired) electrons. The largest absolute Gasteiger partial charge is 0.355 e. The fraction of sp³-hybridized carbons (Fsp3) is 0.0556. The van der Waals surface area contributed by atoms with Gasteiger partial charge in [-0.15, -0.1) is 0 Å². The van der Waals surface area contributed by atoms with E-state index in [1.165, 1.54) is 74.5 Å². The van der Waals surface area contributed by atoms with E-state index in [1.54, 1.807) is 24.3 Å². The van der Waals surface area contributed by atoms with Crippen molar-refractivity contribution in [1.82, 2.24) is 0 Å². The number of benzene rings is 4. The molecule has 6 rings (SSSR count). The first-order chi connectivity index (χ1) is 26.0. The molecule has 0 fully saturated rings. The summed E-state index contributed by atoms with van der Waals surface area (Å²) in [5, 5.41) is 16.2. The third-order valence-corrected chi connectivity index (χ3v) is 9.65. The fourth-order valence-corrected chi connectivity index (χ4v) is 6.82. The number of carbonyl (C=O) groups excluding carboxylic acids is 4. The molecule has 7 N–H and O–H groups in total. The van der Waals surface area contributed by atoms with Gasteiger partial charge in [0.25, 0.3) is 20.2 Å². The van der Waals surface area contributed by atoms with Crippen LogP contribution in [0.3, 0.4) is 0 Å². The second-order valence-corrected chi connectivity index (χ2v) is 14.8. The lowest BCUT2D eigenvalue weighted by Crippen LogP contribution is -2.27. The highest BCUT2D eigenvalue weighted by molar-refractivity contribution is 7.91. The number of amides is 2. The molecule has 2 aliphatic carbocycles. The number of nitrogens with one attached hydrogen (secondary N) is 5. The Morgan fingerprint density at radius 3 is 1.18 bits per heavy atom. The van der Waals surface area contributed by atoms with Crippen molar-refractivity contribution in [2.45, 2.75) is 13.8 Å². The van der Waals surface area contributed by atoms with Gasteiger partial charge in [-0.1, -0.05) is 0 Å². The summed E-state index contributed by atoms with van der Waals surface area (Å²) in [6.07, 6.45) is 2.16. The Hall–Kier alpha value is -6.80. The smallest absolute Gasteiger partial charge is 0.296 e. The van der Waals surface area contributed by atoms with Crippen LogP contribution in [0.2, 0.25) is 0 Å². The molecule has 0 saturated carbocycles. The Morgan fingerprint density at radius 1 is 0.527 bits per heavy atom. The number of Topliss-reactive ketones (excluding diaryl/α,β-unsaturated/α-hetero) is 2. The molecule has 0 saturated heterocycles. The number of anilines is 6. The van der Waals surface area contributed by atoms with Gasteiger partial charge < -0.3 is 16.0 Å². The summed E-state index contributed by atoms with van der Waals surface area (Å²) in [5.41, 5.74) is 6.81. The Bertz CT molecular complexity index is 2470. The topological polar surface area (TPSA) is 262 Å². The number of hydrogen-bond acceptors (Lipinski definition) is 13. The van der Waals surface area contributed by atoms with Gasteiger partial charge >= 0.3 is 0 Å². The Balaban J connectivity index is 1.25. The highest BCUT2D eigenvalue weighted by atomic mass is 32.2. The van der Waals surface area contributed by atoms with Crippen molar-refractivity contribution in [2.24, 2.45) is 10.2 Å². The van der Waals surface area contributed by atoms with Crippen molar-refractivity contribution in [3.05, 3.63) is 117 Å². The minimum absolute atomic E-state index is 0.0698. The average Bonchev–Trinajstić information content (AvgIpc) is 3.10. The fourth-order valence-electron chi connectivity index (χ4n) is 5.51. The number of hydrazone groups is 2. The third-order valence-electron chi connectivity index (χ3n) is 7.91. The molecule has 0 heterocycles. The quantitative estimate of drug-likeness (QED) is 0.0813. The molecule has 55 heavy (non-hydrogen) atoms. The van der Waals surface area contributed by atoms with E-state index in [1.807, 2.05) is 0 Å². The maximum atomic E-state index is 13.5. The molecule has 0 aromatic heterocycles. The molecule has 0 spiro atoms. The molecule has 0 bridgehead atoms. The van der Waals surface area contributed by atoms with Gasteiger partial charge in [0, 0.05) is 47.7 Å². The Kier molecular flexibility index (Phi) is 10.3. The van der Waals surface area contributed by atoms with E-state index in [2.05, 4.69) is 37.0 Å². The lowest BCUT2D eigenvalue weighted by molar-refractivity contribution is -0.115. The SMILES string of the molecule is CC(=O)Nc1ccc(NN=C2C(=O)c3ccc(Nc4ccc5c(c4)C=C(S(=O)(=O)O)C(=NNc4ccc(NC(C)=O)cc4)C5=O)cc3C=C2S(=O)(=O)O)cc1. The maximum absolute atomic E-state index is 13.5. The van der Waals surface area contributed by atoms with Gasteiger partial charge in [0.1, 0.15) is 9.81 Å². The number of allylic oxidation sites excluding steroid dienone is 2. The monoisotopic (exact) mass is 783 g/mol. The molecule has 280 valence electrons. The highest BCUT2D eigenvalue weighted by Crippen LogP contribution is 2.32. The number of rotatable bonds is 10. The van der Waals surface area contributed by atoms with Crippen LogP contribution in [0, 0.1) is 0 Å². The van der Waals surface area contributed by atoms with E-state index in [0.717, 1.165) is 12.2 Å². The van der Waals surface area contributed by atoms with Crippen molar-refractivity contribution in [2.75, 3.05) is 26.8 Å². The van der Waals surface area contributed by atoms with Crippen LogP contribution in [0.25, 0.3) is 12.2 Å². The molecule has 2 aliphatic rings. The van der Waals surface area contributed by atoms with Crippen LogP contribution >= 0.6 is 0 Å². The van der Waals surface area contributed by atoms with Gasteiger partial charge in [0.15, 0.2) is 11.4 Å². The van der Waals surface area contributed by atoms with Crippen LogP contribution in [0.1, 0.15) is 45.7 Å². The zero-order valence-corrected chi connectivity index (χ0v) is 30.2. The summed E-state index contributed by atoms with van der Waals surface area (Å²) in [7, 11) is -9.89. The number of carbonyl (C=O) groups is 4. The van der Waals surface area contributed by atoms with Gasteiger partial charge in [-0.25, -0.2) is 0 Å². The molecule has 17 nitrogen and oxygen atoms in total. The summed E-state index contributed by atoms with van der Waals surface area (Å²) in [6.45, 7) is 2.69. The van der Waals surface area contributed by atoms with E-state index in [4.69, 9.17) is 0 Å². The standard InChI is InChI=1S/C36H29N7O10S2/c1-19(44)37-23-3-7-25(8-4-23)40-42-33-31(54(48,49)50)17-21-15-27(11-13-29(21)35(33)46)39-28-12-14-30-22(16-28)18-32(55(51,52)53)34(36(30)47)43-41-26-9-5-24(6-10-26)38-20(2)45/h3-18,39-41H,1-2H3,(H,37,44)(H,38,45)(H,48,49,50)(H,51,52,53). The zero-order chi connectivity index (χ0) is 39.7. The van der Waals surface area contributed by atoms with Gasteiger partial charge in [0.2, 0.25) is 23.4 Å². The summed E-state index contributed by atoms with van der Waals surface area (Å²) < 4.78 is 69.5. The number of fused-ring (bicyclic) bond motifs is 2. The first-order valence-electron chi connectivity index (χ1n) is 15.9. The van der Waals surface area contributed by atoms with Crippen LogP contribution in [-0.4, -0.2) is 60.7 Å². The van der Waals surface area contributed by atoms with Crippen LogP contribution in [0.4, 0.5) is 34.1 Å². The number of ketones is 2. The van der Waals surface area contributed by atoms with Gasteiger partial charge in [-0.2, -0.15) is 27.0 Å². The highest BCUT2D eigenvalue weighted by Gasteiger charge is 2.34. The second-order valence-electron chi connectivity index (χ2n) is 12.0. The molecule has 4 aromatic rings. The van der Waals surface area contributed by atoms with Crippen LogP contribution in [0.15, 0.2) is 105 Å². The lowest BCUT2D eigenvalue weighted by Gasteiger charge is -2.19.